The van der Waals surface area contributed by atoms with Crippen molar-refractivity contribution in [3.05, 3.63) is 59.7 Å². The van der Waals surface area contributed by atoms with Crippen LogP contribution in [0, 0.1) is 23.5 Å². The molecule has 2 fully saturated rings. The van der Waals surface area contributed by atoms with Crippen LogP contribution in [0.25, 0.3) is 11.1 Å². The Morgan fingerprint density at radius 1 is 1.04 bits per heavy atom. The minimum absolute atomic E-state index is 0. The van der Waals surface area contributed by atoms with Crippen LogP contribution < -0.4 is 5.73 Å². The van der Waals surface area contributed by atoms with Gasteiger partial charge >= 0.3 is 0 Å². The van der Waals surface area contributed by atoms with Gasteiger partial charge in [0.2, 0.25) is 0 Å². The Labute approximate surface area is 157 Å². The van der Waals surface area contributed by atoms with E-state index in [4.69, 9.17) is 5.73 Å². The minimum atomic E-state index is -0.633. The van der Waals surface area contributed by atoms with E-state index in [1.54, 1.807) is 24.3 Å². The topological polar surface area (TPSA) is 46.3 Å². The standard InChI is InChI=1S/C20H20F2N2O.ClH/c21-16-5-2-6-17(22)19(16)12-3-1-4-13(9-12)20(25)24-10-14-7-8-18(23)15(14)11-24;/h1-6,9,14-15,18H,7-8,10-11,23H2;1H. The molecular formula is C20H21ClF2N2O. The van der Waals surface area contributed by atoms with Gasteiger partial charge < -0.3 is 10.6 Å². The molecule has 138 valence electrons. The number of carbonyl (C=O) groups is 1. The van der Waals surface area contributed by atoms with Gasteiger partial charge in [0, 0.05) is 24.7 Å². The lowest BCUT2D eigenvalue weighted by Crippen LogP contribution is -2.33. The van der Waals surface area contributed by atoms with Crippen LogP contribution in [0.4, 0.5) is 8.78 Å². The lowest BCUT2D eigenvalue weighted by molar-refractivity contribution is 0.0779. The van der Waals surface area contributed by atoms with Crippen LogP contribution in [0.3, 0.4) is 0 Å². The SMILES string of the molecule is Cl.NC1CCC2CN(C(=O)c3cccc(-c4c(F)cccc4F)c3)CC12. The van der Waals surface area contributed by atoms with Crippen molar-refractivity contribution in [2.24, 2.45) is 17.6 Å². The third kappa shape index (κ3) is 3.21. The van der Waals surface area contributed by atoms with Gasteiger partial charge in [0.05, 0.1) is 5.56 Å². The molecule has 2 aromatic carbocycles. The van der Waals surface area contributed by atoms with Crippen molar-refractivity contribution < 1.29 is 13.6 Å². The Bertz CT molecular complexity index is 809. The van der Waals surface area contributed by atoms with E-state index in [2.05, 4.69) is 0 Å². The largest absolute Gasteiger partial charge is 0.338 e. The number of amides is 1. The zero-order valence-electron chi connectivity index (χ0n) is 14.2. The highest BCUT2D eigenvalue weighted by Crippen LogP contribution is 2.37. The van der Waals surface area contributed by atoms with Crippen molar-refractivity contribution in [3.8, 4) is 11.1 Å². The third-order valence-electron chi connectivity index (χ3n) is 5.56. The highest BCUT2D eigenvalue weighted by Gasteiger charge is 2.42. The summed E-state index contributed by atoms with van der Waals surface area (Å²) in [5, 5.41) is 0. The van der Waals surface area contributed by atoms with Gasteiger partial charge in [-0.2, -0.15) is 0 Å². The molecule has 26 heavy (non-hydrogen) atoms. The summed E-state index contributed by atoms with van der Waals surface area (Å²) in [5.41, 5.74) is 6.86. The number of halogens is 3. The molecule has 3 atom stereocenters. The summed E-state index contributed by atoms with van der Waals surface area (Å²) in [7, 11) is 0. The fourth-order valence-corrected chi connectivity index (χ4v) is 4.24. The van der Waals surface area contributed by atoms with E-state index in [0.717, 1.165) is 19.4 Å². The molecule has 2 aliphatic rings. The molecule has 1 saturated carbocycles. The molecule has 1 saturated heterocycles. The number of benzene rings is 2. The summed E-state index contributed by atoms with van der Waals surface area (Å²) in [4.78, 5) is 14.7. The Kier molecular flexibility index (Phi) is 5.30. The molecule has 0 radical (unpaired) electrons. The van der Waals surface area contributed by atoms with Crippen molar-refractivity contribution in [3.63, 3.8) is 0 Å². The van der Waals surface area contributed by atoms with E-state index in [0.29, 0.717) is 29.5 Å². The summed E-state index contributed by atoms with van der Waals surface area (Å²) in [5.74, 6) is -0.514. The van der Waals surface area contributed by atoms with Crippen molar-refractivity contribution in [1.29, 1.82) is 0 Å². The number of carbonyl (C=O) groups excluding carboxylic acids is 1. The molecule has 2 aromatic rings. The number of fused-ring (bicyclic) bond motifs is 1. The first-order chi connectivity index (χ1) is 12.0. The summed E-state index contributed by atoms with van der Waals surface area (Å²) >= 11 is 0. The molecular weight excluding hydrogens is 358 g/mol. The van der Waals surface area contributed by atoms with Gasteiger partial charge in [0.1, 0.15) is 11.6 Å². The first-order valence-electron chi connectivity index (χ1n) is 8.64. The maximum Gasteiger partial charge on any atom is 0.253 e. The zero-order chi connectivity index (χ0) is 17.6. The van der Waals surface area contributed by atoms with Gasteiger partial charge in [-0.1, -0.05) is 18.2 Å². The highest BCUT2D eigenvalue weighted by atomic mass is 35.5. The van der Waals surface area contributed by atoms with Gasteiger partial charge in [0.25, 0.3) is 5.91 Å². The lowest BCUT2D eigenvalue weighted by Gasteiger charge is -2.19. The van der Waals surface area contributed by atoms with Crippen molar-refractivity contribution >= 4 is 18.3 Å². The van der Waals surface area contributed by atoms with Gasteiger partial charge in [-0.25, -0.2) is 8.78 Å². The highest BCUT2D eigenvalue weighted by molar-refractivity contribution is 5.95. The normalized spacial score (nSPS) is 24.3. The van der Waals surface area contributed by atoms with E-state index in [1.165, 1.54) is 18.2 Å². The molecule has 1 heterocycles. The third-order valence-corrected chi connectivity index (χ3v) is 5.56. The second-order valence-corrected chi connectivity index (χ2v) is 7.05. The van der Waals surface area contributed by atoms with Gasteiger partial charge in [-0.05, 0) is 54.5 Å². The molecule has 3 nitrogen and oxygen atoms in total. The predicted octanol–water partition coefficient (Wildman–Crippen LogP) is 3.86. The minimum Gasteiger partial charge on any atom is -0.338 e. The predicted molar refractivity (Wildman–Crippen MR) is 99.1 cm³/mol. The molecule has 1 aliphatic heterocycles. The monoisotopic (exact) mass is 378 g/mol. The molecule has 3 unspecified atom stereocenters. The quantitative estimate of drug-likeness (QED) is 0.862. The first kappa shape index (κ1) is 18.8. The van der Waals surface area contributed by atoms with Crippen LogP contribution >= 0.6 is 12.4 Å². The van der Waals surface area contributed by atoms with E-state index in [9.17, 15) is 13.6 Å². The number of nitrogens with two attached hydrogens (primary N) is 1. The van der Waals surface area contributed by atoms with Crippen LogP contribution in [-0.2, 0) is 0 Å². The number of hydrogen-bond acceptors (Lipinski definition) is 2. The number of nitrogens with zero attached hydrogens (tertiary/aromatic N) is 1. The molecule has 4 rings (SSSR count). The van der Waals surface area contributed by atoms with E-state index < -0.39 is 11.6 Å². The zero-order valence-corrected chi connectivity index (χ0v) is 15.0. The molecule has 1 aliphatic carbocycles. The van der Waals surface area contributed by atoms with Crippen LogP contribution in [0.15, 0.2) is 42.5 Å². The molecule has 1 amide bonds. The fraction of sp³-hybridized carbons (Fsp3) is 0.350. The second kappa shape index (κ2) is 7.33. The van der Waals surface area contributed by atoms with Crippen LogP contribution in [0.1, 0.15) is 23.2 Å². The van der Waals surface area contributed by atoms with Crippen molar-refractivity contribution in [1.82, 2.24) is 4.90 Å². The second-order valence-electron chi connectivity index (χ2n) is 7.05. The fourth-order valence-electron chi connectivity index (χ4n) is 4.24. The summed E-state index contributed by atoms with van der Waals surface area (Å²) in [6.07, 6.45) is 2.09. The average molecular weight is 379 g/mol. The van der Waals surface area contributed by atoms with Crippen LogP contribution in [0.2, 0.25) is 0 Å². The molecule has 0 spiro atoms. The van der Waals surface area contributed by atoms with Crippen LogP contribution in [-0.4, -0.2) is 29.9 Å². The maximum absolute atomic E-state index is 14.0. The molecule has 0 bridgehead atoms. The van der Waals surface area contributed by atoms with Crippen molar-refractivity contribution in [2.45, 2.75) is 18.9 Å². The number of hydrogen-bond donors (Lipinski definition) is 1. The summed E-state index contributed by atoms with van der Waals surface area (Å²) in [6, 6.07) is 10.5. The first-order valence-corrected chi connectivity index (χ1v) is 8.64. The molecule has 6 heteroatoms. The van der Waals surface area contributed by atoms with Crippen LogP contribution in [0.5, 0.6) is 0 Å². The Balaban J connectivity index is 0.00000196. The average Bonchev–Trinajstić information content (AvgIpc) is 3.17. The summed E-state index contributed by atoms with van der Waals surface area (Å²) in [6.45, 7) is 1.39. The molecule has 0 aromatic heterocycles. The van der Waals surface area contributed by atoms with Crippen molar-refractivity contribution in [2.75, 3.05) is 13.1 Å². The number of likely N-dealkylation sites (tertiary alicyclic amines) is 1. The molecule has 2 N–H and O–H groups in total. The maximum atomic E-state index is 14.0. The van der Waals surface area contributed by atoms with E-state index in [1.807, 2.05) is 4.90 Å². The van der Waals surface area contributed by atoms with Gasteiger partial charge in [-0.3, -0.25) is 4.79 Å². The van der Waals surface area contributed by atoms with Gasteiger partial charge in [0.15, 0.2) is 0 Å². The Hall–Kier alpha value is -1.98. The van der Waals surface area contributed by atoms with E-state index >= 15 is 0 Å². The van der Waals surface area contributed by atoms with E-state index in [-0.39, 0.29) is 29.9 Å². The number of rotatable bonds is 2. The van der Waals surface area contributed by atoms with Gasteiger partial charge in [-0.15, -0.1) is 12.4 Å². The Morgan fingerprint density at radius 2 is 1.73 bits per heavy atom. The smallest absolute Gasteiger partial charge is 0.253 e. The summed E-state index contributed by atoms with van der Waals surface area (Å²) < 4.78 is 28.0. The lowest BCUT2D eigenvalue weighted by atomic mass is 9.98. The Morgan fingerprint density at radius 3 is 2.42 bits per heavy atom.